The highest BCUT2D eigenvalue weighted by atomic mass is 35.5. The van der Waals surface area contributed by atoms with Gasteiger partial charge in [0.25, 0.3) is 0 Å². The summed E-state index contributed by atoms with van der Waals surface area (Å²) in [5.74, 6) is 1.40. The zero-order valence-corrected chi connectivity index (χ0v) is 14.7. The van der Waals surface area contributed by atoms with E-state index >= 15 is 0 Å². The lowest BCUT2D eigenvalue weighted by Crippen LogP contribution is -1.99. The molecular formula is C20H17ClN4. The second-order valence-electron chi connectivity index (χ2n) is 6.12. The number of nitrogens with one attached hydrogen (secondary N) is 2. The topological polar surface area (TPSA) is 53.6 Å². The molecule has 4 nitrogen and oxygen atoms in total. The van der Waals surface area contributed by atoms with Gasteiger partial charge in [0.1, 0.15) is 11.5 Å². The number of hydrogen-bond acceptors (Lipinski definition) is 3. The predicted molar refractivity (Wildman–Crippen MR) is 104 cm³/mol. The van der Waals surface area contributed by atoms with Crippen LogP contribution < -0.4 is 5.32 Å². The minimum atomic E-state index is 0.631. The highest BCUT2D eigenvalue weighted by molar-refractivity contribution is 6.30. The van der Waals surface area contributed by atoms with Crippen molar-refractivity contribution < 1.29 is 0 Å². The van der Waals surface area contributed by atoms with Gasteiger partial charge in [-0.05, 0) is 49.7 Å². The van der Waals surface area contributed by atoms with Crippen molar-refractivity contribution in [3.63, 3.8) is 0 Å². The molecule has 0 bridgehead atoms. The summed E-state index contributed by atoms with van der Waals surface area (Å²) in [6.07, 6.45) is 0. The third kappa shape index (κ3) is 3.21. The second-order valence-corrected chi connectivity index (χ2v) is 6.55. The number of anilines is 2. The van der Waals surface area contributed by atoms with Gasteiger partial charge in [-0.1, -0.05) is 35.9 Å². The van der Waals surface area contributed by atoms with E-state index in [0.717, 1.165) is 33.8 Å². The monoisotopic (exact) mass is 348 g/mol. The third-order valence-corrected chi connectivity index (χ3v) is 4.22. The van der Waals surface area contributed by atoms with E-state index in [1.165, 1.54) is 5.56 Å². The molecule has 2 N–H and O–H groups in total. The lowest BCUT2D eigenvalue weighted by Gasteiger charge is -2.10. The minimum absolute atomic E-state index is 0.631. The molecule has 0 amide bonds. The predicted octanol–water partition coefficient (Wildman–Crippen LogP) is 5.64. The number of aryl methyl sites for hydroxylation is 2. The Hall–Kier alpha value is -2.85. The van der Waals surface area contributed by atoms with E-state index in [2.05, 4.69) is 40.4 Å². The number of aromatic amines is 1. The molecule has 5 heteroatoms. The first-order valence-electron chi connectivity index (χ1n) is 8.05. The van der Waals surface area contributed by atoms with Crippen LogP contribution in [0.2, 0.25) is 5.02 Å². The fourth-order valence-electron chi connectivity index (χ4n) is 2.85. The Labute approximate surface area is 150 Å². The molecule has 0 atom stereocenters. The second kappa shape index (κ2) is 6.22. The first-order chi connectivity index (χ1) is 12.1. The Morgan fingerprint density at radius 3 is 2.60 bits per heavy atom. The van der Waals surface area contributed by atoms with Crippen molar-refractivity contribution in [2.45, 2.75) is 13.8 Å². The van der Waals surface area contributed by atoms with Gasteiger partial charge >= 0.3 is 0 Å². The van der Waals surface area contributed by atoms with Crippen LogP contribution in [0.4, 0.5) is 11.5 Å². The molecule has 2 aromatic heterocycles. The molecule has 4 rings (SSSR count). The summed E-state index contributed by atoms with van der Waals surface area (Å²) < 4.78 is 0. The summed E-state index contributed by atoms with van der Waals surface area (Å²) in [6, 6.07) is 17.8. The standard InChI is InChI=1S/C20H17ClN4/c1-12-5-3-8-16(9-12)23-20-17-10-13(2)22-19(17)24-18(25-20)14-6-4-7-15(21)11-14/h3-11H,1-2H3,(H2,22,23,24,25). The van der Waals surface area contributed by atoms with Crippen molar-refractivity contribution in [1.82, 2.24) is 15.0 Å². The van der Waals surface area contributed by atoms with Crippen molar-refractivity contribution in [1.29, 1.82) is 0 Å². The normalized spacial score (nSPS) is 11.0. The van der Waals surface area contributed by atoms with E-state index in [1.807, 2.05) is 43.3 Å². The van der Waals surface area contributed by atoms with E-state index in [1.54, 1.807) is 0 Å². The van der Waals surface area contributed by atoms with Crippen LogP contribution in [0, 0.1) is 13.8 Å². The van der Waals surface area contributed by atoms with Crippen molar-refractivity contribution in [3.8, 4) is 11.4 Å². The molecule has 2 heterocycles. The van der Waals surface area contributed by atoms with Gasteiger partial charge in [0, 0.05) is 22.0 Å². The lowest BCUT2D eigenvalue weighted by molar-refractivity contribution is 1.19. The summed E-state index contributed by atoms with van der Waals surface area (Å²) >= 11 is 6.13. The first kappa shape index (κ1) is 15.7. The number of aromatic nitrogens is 3. The first-order valence-corrected chi connectivity index (χ1v) is 8.43. The van der Waals surface area contributed by atoms with Crippen molar-refractivity contribution in [2.75, 3.05) is 5.32 Å². The van der Waals surface area contributed by atoms with Crippen molar-refractivity contribution >= 4 is 34.1 Å². The maximum absolute atomic E-state index is 6.13. The zero-order valence-electron chi connectivity index (χ0n) is 14.0. The van der Waals surface area contributed by atoms with Crippen LogP contribution in [-0.4, -0.2) is 15.0 Å². The number of fused-ring (bicyclic) bond motifs is 1. The van der Waals surface area contributed by atoms with Crippen LogP contribution in [0.1, 0.15) is 11.3 Å². The molecule has 0 fully saturated rings. The number of benzene rings is 2. The molecule has 0 spiro atoms. The van der Waals surface area contributed by atoms with Gasteiger partial charge in [0.15, 0.2) is 5.82 Å². The number of rotatable bonds is 3. The Balaban J connectivity index is 1.86. The number of H-pyrrole nitrogens is 1. The molecule has 2 aromatic carbocycles. The maximum Gasteiger partial charge on any atom is 0.163 e. The highest BCUT2D eigenvalue weighted by Gasteiger charge is 2.12. The summed E-state index contributed by atoms with van der Waals surface area (Å²) in [7, 11) is 0. The Morgan fingerprint density at radius 1 is 0.960 bits per heavy atom. The van der Waals surface area contributed by atoms with Gasteiger partial charge in [-0.2, -0.15) is 0 Å². The highest BCUT2D eigenvalue weighted by Crippen LogP contribution is 2.29. The molecule has 124 valence electrons. The van der Waals surface area contributed by atoms with Gasteiger partial charge in [-0.3, -0.25) is 0 Å². The van der Waals surface area contributed by atoms with Crippen LogP contribution in [0.3, 0.4) is 0 Å². The van der Waals surface area contributed by atoms with E-state index in [-0.39, 0.29) is 0 Å². The average molecular weight is 349 g/mol. The van der Waals surface area contributed by atoms with Crippen LogP contribution in [0.25, 0.3) is 22.4 Å². The molecule has 0 aliphatic heterocycles. The average Bonchev–Trinajstić information content (AvgIpc) is 2.95. The molecule has 0 radical (unpaired) electrons. The van der Waals surface area contributed by atoms with Gasteiger partial charge in [-0.15, -0.1) is 0 Å². The smallest absolute Gasteiger partial charge is 0.163 e. The van der Waals surface area contributed by atoms with E-state index in [4.69, 9.17) is 16.6 Å². The van der Waals surface area contributed by atoms with E-state index in [0.29, 0.717) is 10.8 Å². The van der Waals surface area contributed by atoms with Crippen LogP contribution in [-0.2, 0) is 0 Å². The Morgan fingerprint density at radius 2 is 1.80 bits per heavy atom. The van der Waals surface area contributed by atoms with E-state index in [9.17, 15) is 0 Å². The number of halogens is 1. The van der Waals surface area contributed by atoms with Crippen molar-refractivity contribution in [3.05, 3.63) is 70.9 Å². The van der Waals surface area contributed by atoms with Gasteiger partial charge < -0.3 is 10.3 Å². The SMILES string of the molecule is Cc1cccc(Nc2nc(-c3cccc(Cl)c3)nc3[nH]c(C)cc23)c1. The largest absolute Gasteiger partial charge is 0.343 e. The van der Waals surface area contributed by atoms with E-state index < -0.39 is 0 Å². The van der Waals surface area contributed by atoms with Gasteiger partial charge in [0.2, 0.25) is 0 Å². The number of nitrogens with zero attached hydrogens (tertiary/aromatic N) is 2. The fraction of sp³-hybridized carbons (Fsp3) is 0.100. The van der Waals surface area contributed by atoms with Crippen LogP contribution >= 0.6 is 11.6 Å². The fourth-order valence-corrected chi connectivity index (χ4v) is 3.04. The molecule has 25 heavy (non-hydrogen) atoms. The molecular weight excluding hydrogens is 332 g/mol. The quantitative estimate of drug-likeness (QED) is 0.503. The van der Waals surface area contributed by atoms with Gasteiger partial charge in [-0.25, -0.2) is 9.97 Å². The number of hydrogen-bond donors (Lipinski definition) is 2. The molecule has 0 aliphatic carbocycles. The zero-order chi connectivity index (χ0) is 17.4. The summed E-state index contributed by atoms with van der Waals surface area (Å²) in [4.78, 5) is 12.7. The summed E-state index contributed by atoms with van der Waals surface area (Å²) in [5, 5.41) is 5.05. The van der Waals surface area contributed by atoms with Crippen molar-refractivity contribution in [2.24, 2.45) is 0 Å². The van der Waals surface area contributed by atoms with Gasteiger partial charge in [0.05, 0.1) is 5.39 Å². The molecule has 0 saturated heterocycles. The Bertz CT molecular complexity index is 1070. The molecule has 0 aliphatic rings. The summed E-state index contributed by atoms with van der Waals surface area (Å²) in [5.41, 5.74) is 4.91. The maximum atomic E-state index is 6.13. The summed E-state index contributed by atoms with van der Waals surface area (Å²) in [6.45, 7) is 4.08. The Kier molecular flexibility index (Phi) is 3.90. The molecule has 0 saturated carbocycles. The third-order valence-electron chi connectivity index (χ3n) is 3.99. The lowest BCUT2D eigenvalue weighted by atomic mass is 10.2. The van der Waals surface area contributed by atoms with Crippen LogP contribution in [0.15, 0.2) is 54.6 Å². The van der Waals surface area contributed by atoms with Crippen LogP contribution in [0.5, 0.6) is 0 Å². The molecule has 4 aromatic rings. The minimum Gasteiger partial charge on any atom is -0.343 e. The molecule has 0 unspecified atom stereocenters.